The van der Waals surface area contributed by atoms with Crippen LogP contribution < -0.4 is 10.6 Å². The average Bonchev–Trinajstić information content (AvgIpc) is 2.44. The molecule has 110 valence electrons. The van der Waals surface area contributed by atoms with Gasteiger partial charge >= 0.3 is 0 Å². The van der Waals surface area contributed by atoms with Gasteiger partial charge in [-0.15, -0.1) is 0 Å². The molecule has 20 heavy (non-hydrogen) atoms. The molecular formula is C15H21ClN2O2. The molecule has 5 heteroatoms. The monoisotopic (exact) mass is 296 g/mol. The minimum absolute atomic E-state index is 0.141. The Morgan fingerprint density at radius 2 is 1.75 bits per heavy atom. The molecule has 1 aromatic rings. The molecule has 1 aromatic carbocycles. The first-order chi connectivity index (χ1) is 9.49. The van der Waals surface area contributed by atoms with Crippen molar-refractivity contribution in [2.24, 2.45) is 0 Å². The second-order valence-corrected chi connectivity index (χ2v) is 5.10. The summed E-state index contributed by atoms with van der Waals surface area (Å²) in [5, 5.41) is 5.93. The number of hydrogen-bond donors (Lipinski definition) is 2. The first-order valence-corrected chi connectivity index (χ1v) is 7.23. The molecular weight excluding hydrogens is 276 g/mol. The van der Waals surface area contributed by atoms with E-state index >= 15 is 0 Å². The van der Waals surface area contributed by atoms with Gasteiger partial charge in [-0.05, 0) is 31.9 Å². The largest absolute Gasteiger partial charge is 0.352 e. The molecule has 0 spiro atoms. The van der Waals surface area contributed by atoms with E-state index in [-0.39, 0.29) is 17.9 Å². The van der Waals surface area contributed by atoms with E-state index in [1.54, 1.807) is 31.2 Å². The highest BCUT2D eigenvalue weighted by Gasteiger charge is 2.19. The van der Waals surface area contributed by atoms with Crippen LogP contribution in [0.2, 0.25) is 5.02 Å². The molecule has 2 amide bonds. The summed E-state index contributed by atoms with van der Waals surface area (Å²) in [6.45, 7) is 5.69. The lowest BCUT2D eigenvalue weighted by Gasteiger charge is -2.19. The van der Waals surface area contributed by atoms with Crippen molar-refractivity contribution in [3.05, 3.63) is 34.9 Å². The summed E-state index contributed by atoms with van der Waals surface area (Å²) in [6, 6.07) is 6.30. The Hall–Kier alpha value is -1.55. The van der Waals surface area contributed by atoms with Crippen LogP contribution in [0.5, 0.6) is 0 Å². The van der Waals surface area contributed by atoms with Gasteiger partial charge < -0.3 is 10.6 Å². The Morgan fingerprint density at radius 3 is 2.30 bits per heavy atom. The Morgan fingerprint density at radius 1 is 1.15 bits per heavy atom. The number of carbonyl (C=O) groups excluding carboxylic acids is 2. The lowest BCUT2D eigenvalue weighted by Crippen LogP contribution is -2.47. The average molecular weight is 297 g/mol. The van der Waals surface area contributed by atoms with E-state index < -0.39 is 6.04 Å². The smallest absolute Gasteiger partial charge is 0.253 e. The van der Waals surface area contributed by atoms with E-state index in [9.17, 15) is 9.59 Å². The topological polar surface area (TPSA) is 58.2 Å². The SMILES string of the molecule is CCC(CC)NC(=O)C(C)NC(=O)c1ccccc1Cl. The van der Waals surface area contributed by atoms with Gasteiger partial charge in [0.1, 0.15) is 6.04 Å². The fourth-order valence-corrected chi connectivity index (χ4v) is 2.03. The molecule has 0 aliphatic heterocycles. The normalized spacial score (nSPS) is 12.1. The van der Waals surface area contributed by atoms with E-state index in [1.807, 2.05) is 13.8 Å². The molecule has 0 aromatic heterocycles. The molecule has 2 N–H and O–H groups in total. The highest BCUT2D eigenvalue weighted by Crippen LogP contribution is 2.14. The predicted molar refractivity (Wildman–Crippen MR) is 80.9 cm³/mol. The minimum Gasteiger partial charge on any atom is -0.352 e. The summed E-state index contributed by atoms with van der Waals surface area (Å²) in [5.74, 6) is -0.526. The lowest BCUT2D eigenvalue weighted by molar-refractivity contribution is -0.123. The lowest BCUT2D eigenvalue weighted by atomic mass is 10.1. The first-order valence-electron chi connectivity index (χ1n) is 6.85. The fourth-order valence-electron chi connectivity index (χ4n) is 1.80. The van der Waals surface area contributed by atoms with Gasteiger partial charge in [0, 0.05) is 6.04 Å². The van der Waals surface area contributed by atoms with Crippen LogP contribution in [0.25, 0.3) is 0 Å². The number of benzene rings is 1. The van der Waals surface area contributed by atoms with Crippen LogP contribution in [0, 0.1) is 0 Å². The maximum absolute atomic E-state index is 12.0. The summed E-state index contributed by atoms with van der Waals surface area (Å²) < 4.78 is 0. The molecule has 0 heterocycles. The molecule has 4 nitrogen and oxygen atoms in total. The van der Waals surface area contributed by atoms with Crippen molar-refractivity contribution >= 4 is 23.4 Å². The molecule has 1 unspecified atom stereocenters. The van der Waals surface area contributed by atoms with E-state index in [0.29, 0.717) is 10.6 Å². The fraction of sp³-hybridized carbons (Fsp3) is 0.467. The van der Waals surface area contributed by atoms with E-state index in [2.05, 4.69) is 10.6 Å². The van der Waals surface area contributed by atoms with Crippen LogP contribution >= 0.6 is 11.6 Å². The van der Waals surface area contributed by atoms with Gasteiger partial charge in [0.15, 0.2) is 0 Å². The minimum atomic E-state index is -0.598. The molecule has 0 aliphatic rings. The van der Waals surface area contributed by atoms with Gasteiger partial charge in [-0.1, -0.05) is 37.6 Å². The third-order valence-corrected chi connectivity index (χ3v) is 3.52. The van der Waals surface area contributed by atoms with Crippen molar-refractivity contribution in [1.82, 2.24) is 10.6 Å². The number of carbonyl (C=O) groups is 2. The molecule has 0 saturated carbocycles. The molecule has 0 radical (unpaired) electrons. The molecule has 0 aliphatic carbocycles. The second-order valence-electron chi connectivity index (χ2n) is 4.70. The van der Waals surface area contributed by atoms with Crippen LogP contribution in [0.3, 0.4) is 0 Å². The van der Waals surface area contributed by atoms with Gasteiger partial charge in [0.05, 0.1) is 10.6 Å². The first kappa shape index (κ1) is 16.5. The van der Waals surface area contributed by atoms with Crippen LogP contribution in [0.15, 0.2) is 24.3 Å². The third kappa shape index (κ3) is 4.53. The van der Waals surface area contributed by atoms with E-state index in [1.165, 1.54) is 0 Å². The van der Waals surface area contributed by atoms with Crippen LogP contribution in [0.4, 0.5) is 0 Å². The summed E-state index contributed by atoms with van der Waals surface area (Å²) >= 11 is 5.95. The van der Waals surface area contributed by atoms with Gasteiger partial charge in [-0.3, -0.25) is 9.59 Å². The number of rotatable bonds is 6. The van der Waals surface area contributed by atoms with Crippen molar-refractivity contribution in [3.8, 4) is 0 Å². The van der Waals surface area contributed by atoms with E-state index in [4.69, 9.17) is 11.6 Å². The maximum atomic E-state index is 12.0. The number of halogens is 1. The van der Waals surface area contributed by atoms with Crippen LogP contribution in [-0.2, 0) is 4.79 Å². The van der Waals surface area contributed by atoms with Crippen molar-refractivity contribution in [2.45, 2.75) is 45.7 Å². The Balaban J connectivity index is 2.62. The summed E-state index contributed by atoms with van der Waals surface area (Å²) in [6.07, 6.45) is 1.74. The van der Waals surface area contributed by atoms with Gasteiger partial charge in [-0.25, -0.2) is 0 Å². The summed E-state index contributed by atoms with van der Waals surface area (Å²) in [5.41, 5.74) is 0.372. The molecule has 0 bridgehead atoms. The molecule has 1 rings (SSSR count). The van der Waals surface area contributed by atoms with Crippen LogP contribution in [-0.4, -0.2) is 23.9 Å². The van der Waals surface area contributed by atoms with Crippen LogP contribution in [0.1, 0.15) is 44.0 Å². The molecule has 0 saturated heterocycles. The maximum Gasteiger partial charge on any atom is 0.253 e. The zero-order valence-electron chi connectivity index (χ0n) is 12.1. The second kappa shape index (κ2) is 7.90. The van der Waals surface area contributed by atoms with Crippen molar-refractivity contribution in [3.63, 3.8) is 0 Å². The third-order valence-electron chi connectivity index (χ3n) is 3.19. The van der Waals surface area contributed by atoms with Gasteiger partial charge in [-0.2, -0.15) is 0 Å². The number of nitrogens with one attached hydrogen (secondary N) is 2. The predicted octanol–water partition coefficient (Wildman–Crippen LogP) is 2.76. The number of hydrogen-bond acceptors (Lipinski definition) is 2. The van der Waals surface area contributed by atoms with Gasteiger partial charge in [0.2, 0.25) is 5.91 Å². The zero-order valence-corrected chi connectivity index (χ0v) is 12.8. The van der Waals surface area contributed by atoms with Crippen molar-refractivity contribution < 1.29 is 9.59 Å². The van der Waals surface area contributed by atoms with Crippen molar-refractivity contribution in [2.75, 3.05) is 0 Å². The van der Waals surface area contributed by atoms with E-state index in [0.717, 1.165) is 12.8 Å². The van der Waals surface area contributed by atoms with Gasteiger partial charge in [0.25, 0.3) is 5.91 Å². The zero-order chi connectivity index (χ0) is 15.1. The molecule has 0 fully saturated rings. The standard InChI is InChI=1S/C15H21ClN2O2/c1-4-11(5-2)18-14(19)10(3)17-15(20)12-8-6-7-9-13(12)16/h6-11H,4-5H2,1-3H3,(H,17,20)(H,18,19). The molecule has 1 atom stereocenters. The summed E-state index contributed by atoms with van der Waals surface area (Å²) in [7, 11) is 0. The number of amides is 2. The Kier molecular flexibility index (Phi) is 6.52. The summed E-state index contributed by atoms with van der Waals surface area (Å²) in [4.78, 5) is 24.0. The Bertz CT molecular complexity index is 473. The van der Waals surface area contributed by atoms with Crippen molar-refractivity contribution in [1.29, 1.82) is 0 Å². The quantitative estimate of drug-likeness (QED) is 0.848. The highest BCUT2D eigenvalue weighted by atomic mass is 35.5. The highest BCUT2D eigenvalue weighted by molar-refractivity contribution is 6.33. The Labute approximate surface area is 124 Å².